The highest BCUT2D eigenvalue weighted by Crippen LogP contribution is 2.35. The lowest BCUT2D eigenvalue weighted by Crippen LogP contribution is -2.04. The number of fused-ring (bicyclic) bond motifs is 1. The van der Waals surface area contributed by atoms with E-state index in [1.54, 1.807) is 0 Å². The van der Waals surface area contributed by atoms with Crippen molar-refractivity contribution in [1.82, 2.24) is 24.9 Å². The number of methoxy groups -OCH3 is 1. The van der Waals surface area contributed by atoms with Gasteiger partial charge in [0, 0.05) is 7.11 Å². The molecule has 0 aliphatic rings. The van der Waals surface area contributed by atoms with Gasteiger partial charge in [-0.25, -0.2) is 24.9 Å². The average Bonchev–Trinajstić information content (AvgIpc) is 2.96. The van der Waals surface area contributed by atoms with Crippen LogP contribution >= 0.6 is 22.9 Å². The molecule has 0 radical (unpaired) electrons. The maximum Gasteiger partial charge on any atom is 0.443 e. The van der Waals surface area contributed by atoms with Gasteiger partial charge in [-0.1, -0.05) is 22.9 Å². The molecule has 0 aromatic carbocycles. The minimum atomic E-state index is -4.51. The third-order valence-electron chi connectivity index (χ3n) is 2.69. The number of nitrogens with one attached hydrogen (secondary N) is 1. The molecule has 0 saturated carbocycles. The smallest absolute Gasteiger partial charge is 0.377 e. The molecule has 24 heavy (non-hydrogen) atoms. The van der Waals surface area contributed by atoms with E-state index in [4.69, 9.17) is 16.3 Å². The van der Waals surface area contributed by atoms with Crippen LogP contribution in [0.4, 0.5) is 24.0 Å². The molecule has 0 bridgehead atoms. The fraction of sp³-hybridized carbons (Fsp3) is 0.250. The van der Waals surface area contributed by atoms with Gasteiger partial charge in [-0.3, -0.25) is 0 Å². The Balaban J connectivity index is 2.02. The van der Waals surface area contributed by atoms with Crippen molar-refractivity contribution in [2.24, 2.45) is 0 Å². The van der Waals surface area contributed by atoms with Crippen LogP contribution < -0.4 is 5.32 Å². The fourth-order valence-corrected chi connectivity index (χ4v) is 2.60. The number of aromatic nitrogens is 5. The normalized spacial score (nSPS) is 11.9. The van der Waals surface area contributed by atoms with E-state index in [0.717, 1.165) is 6.20 Å². The van der Waals surface area contributed by atoms with Crippen LogP contribution in [0, 0.1) is 0 Å². The number of halogens is 4. The number of anilines is 2. The molecule has 0 spiro atoms. The highest BCUT2D eigenvalue weighted by atomic mass is 35.5. The number of thiazole rings is 1. The number of hydrogen-bond acceptors (Lipinski definition) is 8. The molecule has 0 unspecified atom stereocenters. The summed E-state index contributed by atoms with van der Waals surface area (Å²) in [4.78, 5) is 19.8. The highest BCUT2D eigenvalue weighted by Gasteiger charge is 2.34. The lowest BCUT2D eigenvalue weighted by atomic mass is 10.4. The van der Waals surface area contributed by atoms with Gasteiger partial charge in [0.15, 0.2) is 27.8 Å². The van der Waals surface area contributed by atoms with Crippen LogP contribution in [0.1, 0.15) is 10.8 Å². The molecule has 12 heteroatoms. The zero-order chi connectivity index (χ0) is 17.3. The molecule has 3 heterocycles. The summed E-state index contributed by atoms with van der Waals surface area (Å²) in [5.41, 5.74) is 0.467. The predicted molar refractivity (Wildman–Crippen MR) is 81.2 cm³/mol. The van der Waals surface area contributed by atoms with Gasteiger partial charge in [-0.15, -0.1) is 0 Å². The lowest BCUT2D eigenvalue weighted by Gasteiger charge is -2.08. The third-order valence-corrected chi connectivity index (χ3v) is 3.83. The molecule has 3 rings (SSSR count). The third kappa shape index (κ3) is 3.52. The second-order valence-corrected chi connectivity index (χ2v) is 5.86. The second kappa shape index (κ2) is 6.42. The molecule has 0 fully saturated rings. The van der Waals surface area contributed by atoms with Crippen LogP contribution in [-0.2, 0) is 17.5 Å². The minimum Gasteiger partial charge on any atom is -0.377 e. The molecule has 3 aromatic heterocycles. The van der Waals surface area contributed by atoms with E-state index in [2.05, 4.69) is 30.2 Å². The lowest BCUT2D eigenvalue weighted by molar-refractivity contribution is -0.137. The van der Waals surface area contributed by atoms with Crippen molar-refractivity contribution < 1.29 is 17.9 Å². The van der Waals surface area contributed by atoms with Gasteiger partial charge in [0.05, 0.1) is 12.4 Å². The molecular weight excluding hydrogens is 369 g/mol. The Labute approximate surface area is 141 Å². The molecule has 0 saturated heterocycles. The first-order valence-electron chi connectivity index (χ1n) is 6.35. The van der Waals surface area contributed by atoms with Crippen LogP contribution in [0.5, 0.6) is 0 Å². The van der Waals surface area contributed by atoms with E-state index in [0.29, 0.717) is 11.3 Å². The van der Waals surface area contributed by atoms with E-state index in [-0.39, 0.29) is 39.6 Å². The molecule has 0 atom stereocenters. The summed E-state index contributed by atoms with van der Waals surface area (Å²) >= 11 is 6.25. The maximum atomic E-state index is 12.6. The largest absolute Gasteiger partial charge is 0.443 e. The molecule has 0 amide bonds. The van der Waals surface area contributed by atoms with Crippen molar-refractivity contribution in [3.05, 3.63) is 28.4 Å². The Morgan fingerprint density at radius 1 is 1.21 bits per heavy atom. The first kappa shape index (κ1) is 16.7. The second-order valence-electron chi connectivity index (χ2n) is 4.44. The first-order chi connectivity index (χ1) is 11.4. The summed E-state index contributed by atoms with van der Waals surface area (Å²) in [6.45, 7) is 0.0926. The topological polar surface area (TPSA) is 85.7 Å². The van der Waals surface area contributed by atoms with Crippen LogP contribution in [0.15, 0.2) is 12.4 Å². The Kier molecular flexibility index (Phi) is 4.47. The van der Waals surface area contributed by atoms with Crippen LogP contribution in [0.25, 0.3) is 11.2 Å². The predicted octanol–water partition coefficient (Wildman–Crippen LogP) is 3.44. The Morgan fingerprint density at radius 2 is 2.00 bits per heavy atom. The first-order valence-corrected chi connectivity index (χ1v) is 7.54. The van der Waals surface area contributed by atoms with E-state index in [1.165, 1.54) is 13.3 Å². The molecule has 3 aromatic rings. The average molecular weight is 377 g/mol. The quantitative estimate of drug-likeness (QED) is 0.746. The van der Waals surface area contributed by atoms with Crippen molar-refractivity contribution in [3.8, 4) is 0 Å². The van der Waals surface area contributed by atoms with Crippen molar-refractivity contribution >= 4 is 44.9 Å². The number of nitrogens with zero attached hydrogens (tertiary/aromatic N) is 5. The Hall–Kier alpha value is -2.11. The number of hydrogen-bond donors (Lipinski definition) is 1. The van der Waals surface area contributed by atoms with Crippen molar-refractivity contribution in [1.29, 1.82) is 0 Å². The molecule has 1 N–H and O–H groups in total. The summed E-state index contributed by atoms with van der Waals surface area (Å²) in [6.07, 6.45) is -2.14. The van der Waals surface area contributed by atoms with Gasteiger partial charge in [0.1, 0.15) is 16.8 Å². The van der Waals surface area contributed by atoms with Gasteiger partial charge in [-0.2, -0.15) is 13.2 Å². The van der Waals surface area contributed by atoms with Gasteiger partial charge >= 0.3 is 6.18 Å². The molecule has 7 nitrogen and oxygen atoms in total. The van der Waals surface area contributed by atoms with E-state index in [1.807, 2.05) is 0 Å². The summed E-state index contributed by atoms with van der Waals surface area (Å²) in [6, 6.07) is 0. The summed E-state index contributed by atoms with van der Waals surface area (Å²) in [5, 5.41) is 2.09. The SMILES string of the molecule is COCc1nc(Nc2cnc(C(F)(F)F)s2)c2ncc(Cl)nc2n1. The monoisotopic (exact) mass is 376 g/mol. The number of alkyl halides is 3. The molecule has 126 valence electrons. The van der Waals surface area contributed by atoms with Gasteiger partial charge < -0.3 is 10.1 Å². The molecule has 0 aliphatic heterocycles. The number of ether oxygens (including phenoxy) is 1. The van der Waals surface area contributed by atoms with Crippen LogP contribution in [0.2, 0.25) is 5.15 Å². The Morgan fingerprint density at radius 3 is 2.67 bits per heavy atom. The molecular formula is C12H8ClF3N6OS. The van der Waals surface area contributed by atoms with E-state index in [9.17, 15) is 13.2 Å². The van der Waals surface area contributed by atoms with Gasteiger partial charge in [0.2, 0.25) is 0 Å². The van der Waals surface area contributed by atoms with Crippen LogP contribution in [0.3, 0.4) is 0 Å². The number of rotatable bonds is 4. The summed E-state index contributed by atoms with van der Waals surface area (Å²) in [5.74, 6) is 0.471. The standard InChI is InChI=1S/C12H8ClF3N6OS/c1-23-4-6-20-9-8(17-2-5(13)19-9)10(21-6)22-7-3-18-11(24-7)12(14,15)16/h2-3H,4H2,1H3,(H,19,20,21,22). The van der Waals surface area contributed by atoms with Gasteiger partial charge in [0.25, 0.3) is 0 Å². The van der Waals surface area contributed by atoms with Crippen molar-refractivity contribution in [2.75, 3.05) is 12.4 Å². The van der Waals surface area contributed by atoms with Crippen LogP contribution in [-0.4, -0.2) is 32.0 Å². The Bertz CT molecular complexity index is 887. The summed E-state index contributed by atoms with van der Waals surface area (Å²) < 4.78 is 42.9. The van der Waals surface area contributed by atoms with E-state index >= 15 is 0 Å². The highest BCUT2D eigenvalue weighted by molar-refractivity contribution is 7.15. The van der Waals surface area contributed by atoms with E-state index < -0.39 is 11.2 Å². The van der Waals surface area contributed by atoms with Crippen molar-refractivity contribution in [2.45, 2.75) is 12.8 Å². The zero-order valence-corrected chi connectivity index (χ0v) is 13.5. The van der Waals surface area contributed by atoms with Crippen molar-refractivity contribution in [3.63, 3.8) is 0 Å². The summed E-state index contributed by atoms with van der Waals surface area (Å²) in [7, 11) is 1.46. The fourth-order valence-electron chi connectivity index (χ4n) is 1.79. The molecule has 0 aliphatic carbocycles. The maximum absolute atomic E-state index is 12.6. The van der Waals surface area contributed by atoms with Gasteiger partial charge in [-0.05, 0) is 0 Å². The zero-order valence-electron chi connectivity index (χ0n) is 11.9. The minimum absolute atomic E-state index is 0.0926.